The van der Waals surface area contributed by atoms with Crippen LogP contribution in [0.25, 0.3) is 0 Å². The van der Waals surface area contributed by atoms with Crippen LogP contribution in [0.1, 0.15) is 11.3 Å². The molecule has 0 saturated carbocycles. The van der Waals surface area contributed by atoms with E-state index < -0.39 is 0 Å². The van der Waals surface area contributed by atoms with Crippen LogP contribution in [0.4, 0.5) is 10.5 Å². The summed E-state index contributed by atoms with van der Waals surface area (Å²) >= 11 is 11.8. The van der Waals surface area contributed by atoms with Gasteiger partial charge in [0, 0.05) is 18.4 Å². The van der Waals surface area contributed by atoms with Crippen LogP contribution in [0.5, 0.6) is 0 Å². The Morgan fingerprint density at radius 2 is 2.05 bits per heavy atom. The minimum atomic E-state index is -0.179. The van der Waals surface area contributed by atoms with Crippen molar-refractivity contribution in [2.75, 3.05) is 5.32 Å². The number of benzene rings is 1. The van der Waals surface area contributed by atoms with Gasteiger partial charge in [-0.05, 0) is 29.8 Å². The molecule has 0 fully saturated rings. The first kappa shape index (κ1) is 13.2. The molecule has 1 N–H and O–H groups in total. The van der Waals surface area contributed by atoms with Crippen molar-refractivity contribution in [1.82, 2.24) is 9.88 Å². The summed E-state index contributed by atoms with van der Waals surface area (Å²) in [7, 11) is 0. The molecule has 1 aromatic carbocycles. The van der Waals surface area contributed by atoms with Gasteiger partial charge in [-0.25, -0.2) is 4.79 Å². The molecule has 0 atom stereocenters. The van der Waals surface area contributed by atoms with E-state index in [1.807, 2.05) is 12.1 Å². The maximum absolute atomic E-state index is 12.2. The smallest absolute Gasteiger partial charge is 0.314 e. The molecule has 6 heteroatoms. The largest absolute Gasteiger partial charge is 0.322 e. The Kier molecular flexibility index (Phi) is 3.51. The van der Waals surface area contributed by atoms with Crippen LogP contribution in [-0.2, 0) is 13.1 Å². The number of aromatic nitrogens is 1. The molecule has 20 heavy (non-hydrogen) atoms. The predicted octanol–water partition coefficient (Wildman–Crippen LogP) is 3.94. The van der Waals surface area contributed by atoms with Gasteiger partial charge < -0.3 is 10.2 Å². The SMILES string of the molecule is O=C(Nc1ccc(Cl)c(Cl)c1)N1Cc2cccnc2C1. The van der Waals surface area contributed by atoms with E-state index in [1.54, 1.807) is 29.3 Å². The van der Waals surface area contributed by atoms with E-state index in [4.69, 9.17) is 23.2 Å². The van der Waals surface area contributed by atoms with Gasteiger partial charge in [-0.15, -0.1) is 0 Å². The number of urea groups is 1. The van der Waals surface area contributed by atoms with Gasteiger partial charge in [-0.2, -0.15) is 0 Å². The number of carbonyl (C=O) groups is 1. The van der Waals surface area contributed by atoms with Gasteiger partial charge in [0.2, 0.25) is 0 Å². The molecule has 4 nitrogen and oxygen atoms in total. The Hall–Kier alpha value is -1.78. The number of hydrogen-bond donors (Lipinski definition) is 1. The third kappa shape index (κ3) is 2.57. The highest BCUT2D eigenvalue weighted by atomic mass is 35.5. The summed E-state index contributed by atoms with van der Waals surface area (Å²) in [5.74, 6) is 0. The molecule has 2 amide bonds. The van der Waals surface area contributed by atoms with E-state index in [-0.39, 0.29) is 6.03 Å². The first-order valence-corrected chi connectivity index (χ1v) is 6.83. The number of amides is 2. The summed E-state index contributed by atoms with van der Waals surface area (Å²) in [6.07, 6.45) is 1.74. The maximum Gasteiger partial charge on any atom is 0.322 e. The Labute approximate surface area is 126 Å². The monoisotopic (exact) mass is 307 g/mol. The van der Waals surface area contributed by atoms with Crippen molar-refractivity contribution in [3.05, 3.63) is 57.8 Å². The van der Waals surface area contributed by atoms with Crippen LogP contribution in [0, 0.1) is 0 Å². The Bertz CT molecular complexity index is 650. The number of rotatable bonds is 1. The Morgan fingerprint density at radius 1 is 1.20 bits per heavy atom. The first-order valence-electron chi connectivity index (χ1n) is 6.07. The average Bonchev–Trinajstić information content (AvgIpc) is 2.87. The zero-order valence-corrected chi connectivity index (χ0v) is 11.9. The van der Waals surface area contributed by atoms with E-state index in [9.17, 15) is 4.79 Å². The van der Waals surface area contributed by atoms with Crippen LogP contribution < -0.4 is 5.32 Å². The van der Waals surface area contributed by atoms with Crippen molar-refractivity contribution < 1.29 is 4.79 Å². The molecule has 0 saturated heterocycles. The van der Waals surface area contributed by atoms with Crippen molar-refractivity contribution in [2.45, 2.75) is 13.1 Å². The Morgan fingerprint density at radius 3 is 2.80 bits per heavy atom. The molecule has 2 aromatic rings. The van der Waals surface area contributed by atoms with Crippen molar-refractivity contribution in [2.24, 2.45) is 0 Å². The minimum absolute atomic E-state index is 0.179. The third-order valence-corrected chi connectivity index (χ3v) is 3.88. The third-order valence-electron chi connectivity index (χ3n) is 3.14. The van der Waals surface area contributed by atoms with Crippen LogP contribution in [0.3, 0.4) is 0 Å². The van der Waals surface area contributed by atoms with Gasteiger partial charge in [0.05, 0.1) is 22.3 Å². The lowest BCUT2D eigenvalue weighted by molar-refractivity contribution is 0.212. The molecular formula is C14H11Cl2N3O. The van der Waals surface area contributed by atoms with Crippen molar-refractivity contribution in [3.63, 3.8) is 0 Å². The summed E-state index contributed by atoms with van der Waals surface area (Å²) in [6, 6.07) is 8.67. The number of nitrogens with zero attached hydrogens (tertiary/aromatic N) is 2. The van der Waals surface area contributed by atoms with Crippen molar-refractivity contribution >= 4 is 34.9 Å². The topological polar surface area (TPSA) is 45.2 Å². The lowest BCUT2D eigenvalue weighted by atomic mass is 10.2. The van der Waals surface area contributed by atoms with Crippen molar-refractivity contribution in [3.8, 4) is 0 Å². The molecule has 0 spiro atoms. The van der Waals surface area contributed by atoms with Crippen molar-refractivity contribution in [1.29, 1.82) is 0 Å². The second-order valence-electron chi connectivity index (χ2n) is 4.52. The fraction of sp³-hybridized carbons (Fsp3) is 0.143. The highest BCUT2D eigenvalue weighted by Crippen LogP contribution is 2.26. The van der Waals surface area contributed by atoms with E-state index in [0.717, 1.165) is 11.3 Å². The van der Waals surface area contributed by atoms with Gasteiger partial charge in [-0.1, -0.05) is 29.3 Å². The number of hydrogen-bond acceptors (Lipinski definition) is 2. The van der Waals surface area contributed by atoms with Gasteiger partial charge >= 0.3 is 6.03 Å². The van der Waals surface area contributed by atoms with Crippen LogP contribution in [0.15, 0.2) is 36.5 Å². The quantitative estimate of drug-likeness (QED) is 0.867. The lowest BCUT2D eigenvalue weighted by Gasteiger charge is -2.16. The fourth-order valence-corrected chi connectivity index (χ4v) is 2.42. The molecule has 0 unspecified atom stereocenters. The first-order chi connectivity index (χ1) is 9.63. The summed E-state index contributed by atoms with van der Waals surface area (Å²) in [5.41, 5.74) is 2.64. The maximum atomic E-state index is 12.2. The zero-order valence-electron chi connectivity index (χ0n) is 10.4. The average molecular weight is 308 g/mol. The van der Waals surface area contributed by atoms with Gasteiger partial charge in [0.15, 0.2) is 0 Å². The van der Waals surface area contributed by atoms with E-state index >= 15 is 0 Å². The molecule has 0 radical (unpaired) electrons. The number of anilines is 1. The summed E-state index contributed by atoms with van der Waals surface area (Å²) in [6.45, 7) is 1.08. The molecule has 2 heterocycles. The molecule has 102 valence electrons. The van der Waals surface area contributed by atoms with Gasteiger partial charge in [-0.3, -0.25) is 4.98 Å². The zero-order chi connectivity index (χ0) is 14.1. The Balaban J connectivity index is 1.71. The number of pyridine rings is 1. The van der Waals surface area contributed by atoms with E-state index in [1.165, 1.54) is 0 Å². The summed E-state index contributed by atoms with van der Waals surface area (Å²) in [5, 5.41) is 3.68. The minimum Gasteiger partial charge on any atom is -0.314 e. The number of halogens is 2. The van der Waals surface area contributed by atoms with Gasteiger partial charge in [0.1, 0.15) is 0 Å². The summed E-state index contributed by atoms with van der Waals surface area (Å²) in [4.78, 5) is 18.1. The van der Waals surface area contributed by atoms with Crippen LogP contribution in [0.2, 0.25) is 10.0 Å². The van der Waals surface area contributed by atoms with Gasteiger partial charge in [0.25, 0.3) is 0 Å². The predicted molar refractivity (Wildman–Crippen MR) is 79.0 cm³/mol. The summed E-state index contributed by atoms with van der Waals surface area (Å²) < 4.78 is 0. The number of fused-ring (bicyclic) bond motifs is 1. The van der Waals surface area contributed by atoms with E-state index in [0.29, 0.717) is 28.8 Å². The molecule has 1 aliphatic heterocycles. The second kappa shape index (κ2) is 5.31. The lowest BCUT2D eigenvalue weighted by Crippen LogP contribution is -2.30. The standard InChI is InChI=1S/C14H11Cl2N3O/c15-11-4-3-10(6-12(11)16)18-14(20)19-7-9-2-1-5-17-13(9)8-19/h1-6H,7-8H2,(H,18,20). The normalized spacial score (nSPS) is 13.2. The molecule has 0 bridgehead atoms. The molecule has 3 rings (SSSR count). The van der Waals surface area contributed by atoms with Crippen LogP contribution in [-0.4, -0.2) is 15.9 Å². The fourth-order valence-electron chi connectivity index (χ4n) is 2.12. The van der Waals surface area contributed by atoms with E-state index in [2.05, 4.69) is 10.3 Å². The number of nitrogens with one attached hydrogen (secondary N) is 1. The number of carbonyl (C=O) groups excluding carboxylic acids is 1. The molecular weight excluding hydrogens is 297 g/mol. The molecule has 0 aliphatic carbocycles. The highest BCUT2D eigenvalue weighted by Gasteiger charge is 2.23. The molecule has 1 aliphatic rings. The molecule has 1 aromatic heterocycles. The highest BCUT2D eigenvalue weighted by molar-refractivity contribution is 6.42. The second-order valence-corrected chi connectivity index (χ2v) is 5.34. The van der Waals surface area contributed by atoms with Crippen LogP contribution >= 0.6 is 23.2 Å².